The molecule has 6 nitrogen and oxygen atoms in total. The molecule has 31 heavy (non-hydrogen) atoms. The third kappa shape index (κ3) is 4.63. The number of hydrogen-bond acceptors (Lipinski definition) is 4. The molecule has 1 heterocycles. The normalized spacial score (nSPS) is 16.5. The zero-order valence-electron chi connectivity index (χ0n) is 17.9. The maximum Gasteiger partial charge on any atom is 0.315 e. The van der Waals surface area contributed by atoms with Gasteiger partial charge >= 0.3 is 5.97 Å². The Labute approximate surface area is 182 Å². The number of benzene rings is 2. The van der Waals surface area contributed by atoms with Crippen LogP contribution in [-0.2, 0) is 22.4 Å². The fraction of sp³-hybridized carbons (Fsp3) is 0.400. The van der Waals surface area contributed by atoms with Crippen molar-refractivity contribution in [2.45, 2.75) is 38.5 Å². The number of esters is 1. The number of ether oxygens (including phenoxy) is 1. The van der Waals surface area contributed by atoms with Crippen LogP contribution in [-0.4, -0.2) is 42.8 Å². The van der Waals surface area contributed by atoms with Gasteiger partial charge in [-0.3, -0.25) is 14.4 Å². The predicted octanol–water partition coefficient (Wildman–Crippen LogP) is 3.14. The van der Waals surface area contributed by atoms with Crippen molar-refractivity contribution in [3.8, 4) is 5.75 Å². The summed E-state index contributed by atoms with van der Waals surface area (Å²) in [4.78, 5) is 39.3. The topological polar surface area (TPSA) is 75.7 Å². The molecule has 1 saturated carbocycles. The number of nitrogens with zero attached hydrogens (tertiary/aromatic N) is 1. The first-order chi connectivity index (χ1) is 15.0. The van der Waals surface area contributed by atoms with E-state index in [2.05, 4.69) is 17.4 Å². The molecule has 0 spiro atoms. The van der Waals surface area contributed by atoms with E-state index in [1.54, 1.807) is 30.1 Å². The summed E-state index contributed by atoms with van der Waals surface area (Å²) in [5.74, 6) is -0.507. The van der Waals surface area contributed by atoms with Gasteiger partial charge in [-0.15, -0.1) is 0 Å². The van der Waals surface area contributed by atoms with Gasteiger partial charge in [0.25, 0.3) is 5.91 Å². The van der Waals surface area contributed by atoms with E-state index in [1.807, 2.05) is 18.2 Å². The zero-order valence-corrected chi connectivity index (χ0v) is 17.9. The highest BCUT2D eigenvalue weighted by Crippen LogP contribution is 2.42. The number of likely N-dealkylation sites (N-methyl/N-ethyl adjacent to an activating group) is 1. The maximum absolute atomic E-state index is 13.6. The summed E-state index contributed by atoms with van der Waals surface area (Å²) in [5.41, 5.74) is 2.24. The van der Waals surface area contributed by atoms with Crippen molar-refractivity contribution in [1.82, 2.24) is 10.2 Å². The van der Waals surface area contributed by atoms with Crippen LogP contribution in [0.4, 0.5) is 0 Å². The summed E-state index contributed by atoms with van der Waals surface area (Å²) in [5, 5.41) is 2.63. The molecule has 2 aromatic rings. The largest absolute Gasteiger partial charge is 0.425 e. The van der Waals surface area contributed by atoms with Gasteiger partial charge in [0.2, 0.25) is 5.91 Å². The van der Waals surface area contributed by atoms with E-state index in [1.165, 1.54) is 5.56 Å². The monoisotopic (exact) mass is 420 g/mol. The Kier molecular flexibility index (Phi) is 6.07. The first kappa shape index (κ1) is 21.1. The van der Waals surface area contributed by atoms with E-state index in [0.717, 1.165) is 37.7 Å². The number of rotatable bonds is 7. The van der Waals surface area contributed by atoms with E-state index in [9.17, 15) is 14.4 Å². The van der Waals surface area contributed by atoms with Crippen molar-refractivity contribution in [1.29, 1.82) is 0 Å². The molecule has 1 N–H and O–H groups in total. The number of carbonyl (C=O) groups is 3. The van der Waals surface area contributed by atoms with Gasteiger partial charge in [-0.1, -0.05) is 55.3 Å². The lowest BCUT2D eigenvalue weighted by Gasteiger charge is -2.35. The van der Waals surface area contributed by atoms with E-state index in [-0.39, 0.29) is 36.2 Å². The molecule has 0 unspecified atom stereocenters. The van der Waals surface area contributed by atoms with Crippen LogP contribution in [0.1, 0.15) is 47.2 Å². The second kappa shape index (κ2) is 8.92. The van der Waals surface area contributed by atoms with Crippen LogP contribution in [0.2, 0.25) is 0 Å². The van der Waals surface area contributed by atoms with Crippen LogP contribution in [0.25, 0.3) is 0 Å². The summed E-state index contributed by atoms with van der Waals surface area (Å²) < 4.78 is 5.34. The predicted molar refractivity (Wildman–Crippen MR) is 117 cm³/mol. The second-order valence-electron chi connectivity index (χ2n) is 8.65. The van der Waals surface area contributed by atoms with Gasteiger partial charge in [0.15, 0.2) is 0 Å². The standard InChI is InChI=1S/C25H28N2O4/c1-26-21(28)16-27(24(30)20-11-7-10-19-14-22(29)31-23(19)20)17-25(12-5-6-13-25)15-18-8-3-2-4-9-18/h2-4,7-11H,5-6,12-17H2,1H3,(H,26,28). The summed E-state index contributed by atoms with van der Waals surface area (Å²) in [6.45, 7) is 0.468. The molecule has 2 aromatic carbocycles. The van der Waals surface area contributed by atoms with Crippen LogP contribution in [0.3, 0.4) is 0 Å². The number of hydrogen-bond donors (Lipinski definition) is 1. The van der Waals surface area contributed by atoms with Crippen molar-refractivity contribution in [2.75, 3.05) is 20.1 Å². The van der Waals surface area contributed by atoms with Crippen LogP contribution < -0.4 is 10.1 Å². The van der Waals surface area contributed by atoms with Gasteiger partial charge in [0, 0.05) is 19.2 Å². The van der Waals surface area contributed by atoms with Crippen LogP contribution >= 0.6 is 0 Å². The van der Waals surface area contributed by atoms with Gasteiger partial charge in [0.05, 0.1) is 18.5 Å². The molecule has 0 aromatic heterocycles. The zero-order chi connectivity index (χ0) is 21.8. The van der Waals surface area contributed by atoms with Crippen LogP contribution in [0, 0.1) is 5.41 Å². The van der Waals surface area contributed by atoms with E-state index < -0.39 is 0 Å². The van der Waals surface area contributed by atoms with Crippen LogP contribution in [0.5, 0.6) is 5.75 Å². The highest BCUT2D eigenvalue weighted by molar-refractivity contribution is 6.01. The Balaban J connectivity index is 1.63. The van der Waals surface area contributed by atoms with Gasteiger partial charge in [-0.25, -0.2) is 0 Å². The minimum absolute atomic E-state index is 0.0243. The summed E-state index contributed by atoms with van der Waals surface area (Å²) >= 11 is 0. The third-order valence-corrected chi connectivity index (χ3v) is 6.39. The average molecular weight is 421 g/mol. The van der Waals surface area contributed by atoms with Gasteiger partial charge in [0.1, 0.15) is 5.75 Å². The molecule has 1 aliphatic carbocycles. The SMILES string of the molecule is CNC(=O)CN(CC1(Cc2ccccc2)CCCC1)C(=O)c1cccc2c1OC(=O)C2. The van der Waals surface area contributed by atoms with E-state index >= 15 is 0 Å². The number of carbonyl (C=O) groups excluding carboxylic acids is 3. The third-order valence-electron chi connectivity index (χ3n) is 6.39. The number of nitrogens with one attached hydrogen (secondary N) is 1. The lowest BCUT2D eigenvalue weighted by molar-refractivity contribution is -0.132. The second-order valence-corrected chi connectivity index (χ2v) is 8.65. The molecule has 162 valence electrons. The Morgan fingerprint density at radius 1 is 1.06 bits per heavy atom. The highest BCUT2D eigenvalue weighted by Gasteiger charge is 2.38. The number of fused-ring (bicyclic) bond motifs is 1. The molecule has 1 aliphatic heterocycles. The van der Waals surface area contributed by atoms with Crippen molar-refractivity contribution in [2.24, 2.45) is 5.41 Å². The lowest BCUT2D eigenvalue weighted by Crippen LogP contribution is -2.46. The minimum atomic E-state index is -0.357. The molecule has 2 aliphatic rings. The molecule has 0 atom stereocenters. The lowest BCUT2D eigenvalue weighted by atomic mass is 9.79. The number of amides is 2. The van der Waals surface area contributed by atoms with Crippen molar-refractivity contribution in [3.05, 3.63) is 65.2 Å². The average Bonchev–Trinajstić information content (AvgIpc) is 3.38. The fourth-order valence-corrected chi connectivity index (χ4v) is 4.89. The molecule has 0 radical (unpaired) electrons. The quantitative estimate of drug-likeness (QED) is 0.552. The first-order valence-electron chi connectivity index (χ1n) is 10.9. The number of para-hydroxylation sites is 1. The Morgan fingerprint density at radius 3 is 2.52 bits per heavy atom. The van der Waals surface area contributed by atoms with Gasteiger partial charge < -0.3 is 15.0 Å². The van der Waals surface area contributed by atoms with E-state index in [4.69, 9.17) is 4.74 Å². The summed E-state index contributed by atoms with van der Waals surface area (Å²) in [7, 11) is 1.57. The molecule has 2 amide bonds. The van der Waals surface area contributed by atoms with Gasteiger partial charge in [-0.2, -0.15) is 0 Å². The van der Waals surface area contributed by atoms with Crippen molar-refractivity contribution < 1.29 is 19.1 Å². The molecule has 4 rings (SSSR count). The van der Waals surface area contributed by atoms with Gasteiger partial charge in [-0.05, 0) is 36.3 Å². The highest BCUT2D eigenvalue weighted by atomic mass is 16.5. The molecule has 6 heteroatoms. The molecule has 0 bridgehead atoms. The first-order valence-corrected chi connectivity index (χ1v) is 10.9. The summed E-state index contributed by atoms with van der Waals surface area (Å²) in [6, 6.07) is 15.6. The fourth-order valence-electron chi connectivity index (χ4n) is 4.89. The Morgan fingerprint density at radius 2 is 1.81 bits per heavy atom. The minimum Gasteiger partial charge on any atom is -0.425 e. The Hall–Kier alpha value is -3.15. The molecule has 1 fully saturated rings. The summed E-state index contributed by atoms with van der Waals surface area (Å²) in [6.07, 6.45) is 5.31. The molecular weight excluding hydrogens is 392 g/mol. The Bertz CT molecular complexity index is 980. The van der Waals surface area contributed by atoms with E-state index in [0.29, 0.717) is 17.9 Å². The van der Waals surface area contributed by atoms with Crippen molar-refractivity contribution in [3.63, 3.8) is 0 Å². The molecular formula is C25H28N2O4. The van der Waals surface area contributed by atoms with Crippen molar-refractivity contribution >= 4 is 17.8 Å². The van der Waals surface area contributed by atoms with Crippen LogP contribution in [0.15, 0.2) is 48.5 Å². The maximum atomic E-state index is 13.6. The smallest absolute Gasteiger partial charge is 0.315 e. The molecule has 0 saturated heterocycles.